The first-order valence-electron chi connectivity index (χ1n) is 5.88. The molecule has 0 spiro atoms. The first-order valence-corrected chi connectivity index (χ1v) is 5.88. The van der Waals surface area contributed by atoms with E-state index < -0.39 is 5.60 Å². The predicted molar refractivity (Wildman–Crippen MR) is 60.5 cm³/mol. The maximum atomic E-state index is 11.7. The fraction of sp³-hybridized carbons (Fsp3) is 0.917. The highest BCUT2D eigenvalue weighted by Crippen LogP contribution is 2.18. The van der Waals surface area contributed by atoms with Crippen molar-refractivity contribution in [2.24, 2.45) is 5.92 Å². The molecular weight excluding hydrogens is 190 g/mol. The van der Waals surface area contributed by atoms with Crippen LogP contribution in [-0.4, -0.2) is 34.6 Å². The Hall–Kier alpha value is -0.570. The van der Waals surface area contributed by atoms with Gasteiger partial charge in [0, 0.05) is 19.5 Å². The van der Waals surface area contributed by atoms with Crippen molar-refractivity contribution in [3.8, 4) is 0 Å². The van der Waals surface area contributed by atoms with Gasteiger partial charge >= 0.3 is 0 Å². The van der Waals surface area contributed by atoms with Crippen LogP contribution in [0, 0.1) is 5.92 Å². The highest BCUT2D eigenvalue weighted by atomic mass is 16.3. The lowest BCUT2D eigenvalue weighted by Gasteiger charge is -2.25. The van der Waals surface area contributed by atoms with Gasteiger partial charge in [-0.05, 0) is 39.0 Å². The lowest BCUT2D eigenvalue weighted by molar-refractivity contribution is -0.131. The summed E-state index contributed by atoms with van der Waals surface area (Å²) in [7, 11) is 0. The Morgan fingerprint density at radius 3 is 2.73 bits per heavy atom. The minimum atomic E-state index is -0.668. The second-order valence-electron chi connectivity index (χ2n) is 5.38. The Balaban J connectivity index is 2.42. The lowest BCUT2D eigenvalue weighted by Crippen LogP contribution is -2.35. The molecule has 0 radical (unpaired) electrons. The molecule has 0 aromatic rings. The van der Waals surface area contributed by atoms with Crippen molar-refractivity contribution < 1.29 is 9.90 Å². The third kappa shape index (κ3) is 4.65. The van der Waals surface area contributed by atoms with Crippen molar-refractivity contribution in [3.63, 3.8) is 0 Å². The van der Waals surface area contributed by atoms with Crippen LogP contribution >= 0.6 is 0 Å². The molecule has 0 aromatic carbocycles. The molecule has 0 aromatic heterocycles. The predicted octanol–water partition coefficient (Wildman–Crippen LogP) is 1.80. The number of carbonyl (C=O) groups is 1. The Bertz CT molecular complexity index is 220. The Kier molecular flexibility index (Phi) is 4.14. The zero-order valence-corrected chi connectivity index (χ0v) is 10.1. The van der Waals surface area contributed by atoms with Crippen LogP contribution in [0.15, 0.2) is 0 Å². The first kappa shape index (κ1) is 12.5. The van der Waals surface area contributed by atoms with Crippen LogP contribution in [0.25, 0.3) is 0 Å². The molecule has 1 fully saturated rings. The largest absolute Gasteiger partial charge is 0.390 e. The zero-order chi connectivity index (χ0) is 11.5. The van der Waals surface area contributed by atoms with Crippen LogP contribution in [-0.2, 0) is 4.79 Å². The van der Waals surface area contributed by atoms with E-state index in [1.54, 1.807) is 13.8 Å². The number of aliphatic hydroxyl groups is 1. The van der Waals surface area contributed by atoms with Gasteiger partial charge in [-0.25, -0.2) is 0 Å². The SMILES string of the molecule is CC1CCC(=O)N(CCC(C)(C)O)CC1. The number of hydrogen-bond donors (Lipinski definition) is 1. The van der Waals surface area contributed by atoms with Crippen LogP contribution in [0.4, 0.5) is 0 Å². The fourth-order valence-electron chi connectivity index (χ4n) is 1.82. The van der Waals surface area contributed by atoms with Crippen LogP contribution < -0.4 is 0 Å². The van der Waals surface area contributed by atoms with Gasteiger partial charge in [-0.3, -0.25) is 4.79 Å². The van der Waals surface area contributed by atoms with E-state index >= 15 is 0 Å². The number of nitrogens with zero attached hydrogens (tertiary/aromatic N) is 1. The minimum Gasteiger partial charge on any atom is -0.390 e. The van der Waals surface area contributed by atoms with E-state index in [1.807, 2.05) is 4.90 Å². The van der Waals surface area contributed by atoms with Crippen molar-refractivity contribution in [1.82, 2.24) is 4.90 Å². The van der Waals surface area contributed by atoms with Gasteiger partial charge in [0.25, 0.3) is 0 Å². The molecule has 1 aliphatic rings. The van der Waals surface area contributed by atoms with Gasteiger partial charge in [0.2, 0.25) is 5.91 Å². The molecule has 1 saturated heterocycles. The second-order valence-corrected chi connectivity index (χ2v) is 5.38. The summed E-state index contributed by atoms with van der Waals surface area (Å²) in [5.74, 6) is 0.907. The number of likely N-dealkylation sites (tertiary alicyclic amines) is 1. The van der Waals surface area contributed by atoms with Crippen molar-refractivity contribution in [1.29, 1.82) is 0 Å². The summed E-state index contributed by atoms with van der Waals surface area (Å²) in [6, 6.07) is 0. The molecule has 3 nitrogen and oxygen atoms in total. The van der Waals surface area contributed by atoms with E-state index in [-0.39, 0.29) is 5.91 Å². The molecule has 3 heteroatoms. The number of hydrogen-bond acceptors (Lipinski definition) is 2. The van der Waals surface area contributed by atoms with E-state index in [1.165, 1.54) is 0 Å². The van der Waals surface area contributed by atoms with Gasteiger partial charge in [0.05, 0.1) is 5.60 Å². The highest BCUT2D eigenvalue weighted by Gasteiger charge is 2.22. The van der Waals surface area contributed by atoms with E-state index in [0.717, 1.165) is 19.4 Å². The number of amides is 1. The molecule has 88 valence electrons. The number of carbonyl (C=O) groups excluding carboxylic acids is 1. The van der Waals surface area contributed by atoms with E-state index in [9.17, 15) is 9.90 Å². The molecule has 1 aliphatic heterocycles. The molecular formula is C12H23NO2. The average Bonchev–Trinajstić information content (AvgIpc) is 2.26. The van der Waals surface area contributed by atoms with Crippen molar-refractivity contribution in [2.75, 3.05) is 13.1 Å². The molecule has 1 rings (SSSR count). The van der Waals surface area contributed by atoms with Gasteiger partial charge in [0.1, 0.15) is 0 Å². The van der Waals surface area contributed by atoms with Crippen LogP contribution in [0.2, 0.25) is 0 Å². The third-order valence-corrected chi connectivity index (χ3v) is 3.09. The summed E-state index contributed by atoms with van der Waals surface area (Å²) in [5, 5.41) is 9.62. The first-order chi connectivity index (χ1) is 6.88. The summed E-state index contributed by atoms with van der Waals surface area (Å²) < 4.78 is 0. The van der Waals surface area contributed by atoms with Crippen LogP contribution in [0.5, 0.6) is 0 Å². The molecule has 0 saturated carbocycles. The smallest absolute Gasteiger partial charge is 0.222 e. The summed E-state index contributed by atoms with van der Waals surface area (Å²) in [5.41, 5.74) is -0.668. The Morgan fingerprint density at radius 1 is 1.47 bits per heavy atom. The van der Waals surface area contributed by atoms with E-state index in [4.69, 9.17) is 0 Å². The summed E-state index contributed by atoms with van der Waals surface area (Å²) in [6.07, 6.45) is 3.44. The molecule has 0 aliphatic carbocycles. The number of rotatable bonds is 3. The standard InChI is InChI=1S/C12H23NO2/c1-10-4-5-11(14)13(8-6-10)9-7-12(2,3)15/h10,15H,4-9H2,1-3H3. The summed E-state index contributed by atoms with van der Waals surface area (Å²) in [6.45, 7) is 7.33. The molecule has 1 heterocycles. The lowest BCUT2D eigenvalue weighted by atomic mass is 10.0. The maximum absolute atomic E-state index is 11.7. The van der Waals surface area contributed by atoms with Crippen molar-refractivity contribution in [2.45, 2.75) is 52.1 Å². The topological polar surface area (TPSA) is 40.5 Å². The average molecular weight is 213 g/mol. The van der Waals surface area contributed by atoms with Gasteiger partial charge in [-0.1, -0.05) is 6.92 Å². The van der Waals surface area contributed by atoms with E-state index in [0.29, 0.717) is 25.3 Å². The van der Waals surface area contributed by atoms with Gasteiger partial charge in [-0.2, -0.15) is 0 Å². The maximum Gasteiger partial charge on any atom is 0.222 e. The molecule has 15 heavy (non-hydrogen) atoms. The van der Waals surface area contributed by atoms with Gasteiger partial charge < -0.3 is 10.0 Å². The Morgan fingerprint density at radius 2 is 2.13 bits per heavy atom. The normalized spacial score (nSPS) is 24.1. The molecule has 0 bridgehead atoms. The second kappa shape index (κ2) is 4.97. The summed E-state index contributed by atoms with van der Waals surface area (Å²) in [4.78, 5) is 13.6. The summed E-state index contributed by atoms with van der Waals surface area (Å²) >= 11 is 0. The molecule has 1 N–H and O–H groups in total. The molecule has 1 atom stereocenters. The fourth-order valence-corrected chi connectivity index (χ4v) is 1.82. The Labute approximate surface area is 92.5 Å². The zero-order valence-electron chi connectivity index (χ0n) is 10.1. The van der Waals surface area contributed by atoms with Gasteiger partial charge in [0.15, 0.2) is 0 Å². The van der Waals surface area contributed by atoms with Crippen molar-refractivity contribution in [3.05, 3.63) is 0 Å². The monoisotopic (exact) mass is 213 g/mol. The minimum absolute atomic E-state index is 0.253. The van der Waals surface area contributed by atoms with Crippen LogP contribution in [0.1, 0.15) is 46.5 Å². The molecule has 1 unspecified atom stereocenters. The quantitative estimate of drug-likeness (QED) is 0.776. The van der Waals surface area contributed by atoms with Crippen molar-refractivity contribution >= 4 is 5.91 Å². The van der Waals surface area contributed by atoms with E-state index in [2.05, 4.69) is 6.92 Å². The van der Waals surface area contributed by atoms with Crippen LogP contribution in [0.3, 0.4) is 0 Å². The molecule has 1 amide bonds. The third-order valence-electron chi connectivity index (χ3n) is 3.09. The van der Waals surface area contributed by atoms with Gasteiger partial charge in [-0.15, -0.1) is 0 Å². The highest BCUT2D eigenvalue weighted by molar-refractivity contribution is 5.76.